The number of fused-ring (bicyclic) bond motifs is 2. The topological polar surface area (TPSA) is 49.2 Å². The molecule has 122 valence electrons. The molecule has 4 rings (SSSR count). The molecule has 1 saturated carbocycles. The molecule has 0 amide bonds. The molecule has 0 N–H and O–H groups in total. The van der Waals surface area contributed by atoms with Crippen LogP contribution >= 0.6 is 11.6 Å². The number of aromatic nitrogens is 3. The lowest BCUT2D eigenvalue weighted by Gasteiger charge is -2.26. The van der Waals surface area contributed by atoms with Crippen molar-refractivity contribution in [3.05, 3.63) is 36.4 Å². The Morgan fingerprint density at radius 2 is 2.22 bits per heavy atom. The summed E-state index contributed by atoms with van der Waals surface area (Å²) in [6.45, 7) is 7.23. The first-order valence-electron chi connectivity index (χ1n) is 7.50. The zero-order valence-corrected chi connectivity index (χ0v) is 13.6. The summed E-state index contributed by atoms with van der Waals surface area (Å²) in [6.07, 6.45) is 3.68. The monoisotopic (exact) mass is 337 g/mol. The van der Waals surface area contributed by atoms with Crippen LogP contribution in [-0.2, 0) is 9.47 Å². The summed E-state index contributed by atoms with van der Waals surface area (Å²) in [7, 11) is 0. The van der Waals surface area contributed by atoms with Crippen LogP contribution in [-0.4, -0.2) is 38.2 Å². The third-order valence-corrected chi connectivity index (χ3v) is 4.96. The molecule has 0 spiro atoms. The van der Waals surface area contributed by atoms with Crippen molar-refractivity contribution in [1.29, 1.82) is 0 Å². The largest absolute Gasteiger partial charge is 0.342 e. The van der Waals surface area contributed by atoms with E-state index < -0.39 is 23.7 Å². The average molecular weight is 338 g/mol. The highest BCUT2D eigenvalue weighted by molar-refractivity contribution is 6.33. The van der Waals surface area contributed by atoms with Crippen LogP contribution in [0.2, 0.25) is 5.15 Å². The lowest BCUT2D eigenvalue weighted by molar-refractivity contribution is -0.166. The second-order valence-electron chi connectivity index (χ2n) is 6.55. The number of hydrogen-bond acceptors (Lipinski definition) is 4. The van der Waals surface area contributed by atoms with E-state index in [2.05, 4.69) is 16.5 Å². The Balaban J connectivity index is 1.82. The molecule has 2 fully saturated rings. The van der Waals surface area contributed by atoms with Crippen LogP contribution in [0.1, 0.15) is 26.3 Å². The van der Waals surface area contributed by atoms with Crippen molar-refractivity contribution in [2.75, 3.05) is 0 Å². The summed E-state index contributed by atoms with van der Waals surface area (Å²) >= 11 is 6.11. The number of rotatable bonds is 2. The van der Waals surface area contributed by atoms with E-state index in [0.29, 0.717) is 10.8 Å². The highest BCUT2D eigenvalue weighted by Gasteiger charge is 2.61. The first-order chi connectivity index (χ1) is 10.8. The molecule has 2 aromatic rings. The van der Waals surface area contributed by atoms with Crippen molar-refractivity contribution < 1.29 is 13.9 Å². The van der Waals surface area contributed by atoms with Gasteiger partial charge in [-0.15, -0.1) is 0 Å². The molecule has 1 saturated heterocycles. The van der Waals surface area contributed by atoms with Gasteiger partial charge in [0.25, 0.3) is 0 Å². The summed E-state index contributed by atoms with van der Waals surface area (Å²) in [6, 6.07) is 1.58. The lowest BCUT2D eigenvalue weighted by Crippen LogP contribution is -2.36. The molecule has 1 aliphatic carbocycles. The highest BCUT2D eigenvalue weighted by Crippen LogP contribution is 2.51. The molecular formula is C16H17ClFN3O2. The SMILES string of the molecule is C=C[C@@]1(F)C[C@@H](n2ccc3c(Cl)ncnc32)[C@@H]2OC(C)(C)O[C@@H]21. The van der Waals surface area contributed by atoms with Crippen molar-refractivity contribution in [2.45, 2.75) is 50.0 Å². The van der Waals surface area contributed by atoms with Crippen LogP contribution in [0.3, 0.4) is 0 Å². The van der Waals surface area contributed by atoms with Gasteiger partial charge in [0.2, 0.25) is 0 Å². The summed E-state index contributed by atoms with van der Waals surface area (Å²) in [5.74, 6) is -0.829. The van der Waals surface area contributed by atoms with Crippen molar-refractivity contribution >= 4 is 22.6 Å². The van der Waals surface area contributed by atoms with Crippen LogP contribution in [0.25, 0.3) is 11.0 Å². The maximum absolute atomic E-state index is 15.3. The number of halogens is 2. The Labute approximate surface area is 138 Å². The molecule has 23 heavy (non-hydrogen) atoms. The van der Waals surface area contributed by atoms with E-state index in [1.54, 1.807) is 13.8 Å². The van der Waals surface area contributed by atoms with Gasteiger partial charge in [0.05, 0.1) is 11.4 Å². The Morgan fingerprint density at radius 1 is 1.43 bits per heavy atom. The molecule has 2 aliphatic rings. The van der Waals surface area contributed by atoms with Crippen molar-refractivity contribution in [3.8, 4) is 0 Å². The number of ether oxygens (including phenoxy) is 2. The molecule has 0 radical (unpaired) electrons. The van der Waals surface area contributed by atoms with Gasteiger partial charge in [-0.2, -0.15) is 0 Å². The Hall–Kier alpha value is -1.50. The first kappa shape index (κ1) is 15.1. The predicted molar refractivity (Wildman–Crippen MR) is 84.1 cm³/mol. The fourth-order valence-electron chi connectivity index (χ4n) is 3.66. The lowest BCUT2D eigenvalue weighted by atomic mass is 10.0. The molecule has 2 aromatic heterocycles. The van der Waals surface area contributed by atoms with E-state index in [-0.39, 0.29) is 12.5 Å². The van der Waals surface area contributed by atoms with Crippen LogP contribution in [0.4, 0.5) is 4.39 Å². The molecule has 1 aliphatic heterocycles. The second-order valence-corrected chi connectivity index (χ2v) is 6.91. The molecule has 5 nitrogen and oxygen atoms in total. The third-order valence-electron chi connectivity index (χ3n) is 4.66. The van der Waals surface area contributed by atoms with Crippen LogP contribution in [0.5, 0.6) is 0 Å². The van der Waals surface area contributed by atoms with Gasteiger partial charge in [0.15, 0.2) is 11.5 Å². The van der Waals surface area contributed by atoms with Gasteiger partial charge in [-0.1, -0.05) is 24.3 Å². The zero-order valence-electron chi connectivity index (χ0n) is 12.9. The predicted octanol–water partition coefficient (Wildman–Crippen LogP) is 3.44. The molecule has 0 bridgehead atoms. The Morgan fingerprint density at radius 3 is 2.96 bits per heavy atom. The van der Waals surface area contributed by atoms with Gasteiger partial charge in [-0.05, 0) is 19.9 Å². The molecule has 3 heterocycles. The molecular weight excluding hydrogens is 321 g/mol. The minimum Gasteiger partial charge on any atom is -0.342 e. The zero-order chi connectivity index (χ0) is 16.4. The number of nitrogens with zero attached hydrogens (tertiary/aromatic N) is 3. The van der Waals surface area contributed by atoms with Crippen LogP contribution < -0.4 is 0 Å². The van der Waals surface area contributed by atoms with E-state index in [1.807, 2.05) is 16.8 Å². The summed E-state index contributed by atoms with van der Waals surface area (Å²) < 4.78 is 28.9. The summed E-state index contributed by atoms with van der Waals surface area (Å²) in [5, 5.41) is 1.11. The molecule has 4 atom stereocenters. The van der Waals surface area contributed by atoms with Gasteiger partial charge in [-0.3, -0.25) is 0 Å². The maximum atomic E-state index is 15.3. The fourth-order valence-corrected chi connectivity index (χ4v) is 3.85. The number of hydrogen-bond donors (Lipinski definition) is 0. The van der Waals surface area contributed by atoms with E-state index in [4.69, 9.17) is 21.1 Å². The highest BCUT2D eigenvalue weighted by atomic mass is 35.5. The quantitative estimate of drug-likeness (QED) is 0.622. The van der Waals surface area contributed by atoms with E-state index in [0.717, 1.165) is 5.39 Å². The third kappa shape index (κ3) is 2.12. The van der Waals surface area contributed by atoms with Gasteiger partial charge in [0.1, 0.15) is 29.3 Å². The summed E-state index contributed by atoms with van der Waals surface area (Å²) in [5.41, 5.74) is -0.980. The van der Waals surface area contributed by atoms with E-state index >= 15 is 4.39 Å². The van der Waals surface area contributed by atoms with Crippen molar-refractivity contribution in [2.24, 2.45) is 0 Å². The van der Waals surface area contributed by atoms with Crippen LogP contribution in [0.15, 0.2) is 31.2 Å². The van der Waals surface area contributed by atoms with Gasteiger partial charge < -0.3 is 14.0 Å². The van der Waals surface area contributed by atoms with E-state index in [1.165, 1.54) is 12.4 Å². The number of alkyl halides is 1. The van der Waals surface area contributed by atoms with Gasteiger partial charge in [-0.25, -0.2) is 14.4 Å². The van der Waals surface area contributed by atoms with E-state index in [9.17, 15) is 0 Å². The standard InChI is InChI=1S/C16H17ClFN3O2/c1-4-16(18)7-10(11-12(16)23-15(2,3)22-11)21-6-5-9-13(17)19-8-20-14(9)21/h4-6,8,10-12H,1,7H2,2-3H3/t10-,11+,12+,16-/m1/s1. The normalized spacial score (nSPS) is 35.6. The smallest absolute Gasteiger partial charge is 0.164 e. The Kier molecular flexibility index (Phi) is 3.11. The fraction of sp³-hybridized carbons (Fsp3) is 0.500. The Bertz CT molecular complexity index is 793. The summed E-state index contributed by atoms with van der Waals surface area (Å²) in [4.78, 5) is 8.27. The van der Waals surface area contributed by atoms with Crippen molar-refractivity contribution in [3.63, 3.8) is 0 Å². The first-order valence-corrected chi connectivity index (χ1v) is 7.88. The maximum Gasteiger partial charge on any atom is 0.164 e. The molecule has 7 heteroatoms. The minimum atomic E-state index is -1.64. The second kappa shape index (κ2) is 4.75. The molecule has 0 unspecified atom stereocenters. The van der Waals surface area contributed by atoms with Crippen LogP contribution in [0, 0.1) is 0 Å². The van der Waals surface area contributed by atoms with Gasteiger partial charge in [0, 0.05) is 12.6 Å². The minimum absolute atomic E-state index is 0.216. The average Bonchev–Trinajstić information content (AvgIpc) is 3.12. The van der Waals surface area contributed by atoms with Crippen molar-refractivity contribution in [1.82, 2.24) is 14.5 Å². The molecule has 0 aromatic carbocycles. The van der Waals surface area contributed by atoms with Gasteiger partial charge >= 0.3 is 0 Å².